The molecule has 73 heavy (non-hydrogen) atoms. The van der Waals surface area contributed by atoms with E-state index < -0.39 is 5.41 Å². The van der Waals surface area contributed by atoms with Crippen LogP contribution in [-0.4, -0.2) is 4.98 Å². The van der Waals surface area contributed by atoms with Crippen molar-refractivity contribution in [2.45, 2.75) is 5.41 Å². The second-order valence-corrected chi connectivity index (χ2v) is 20.0. The molecule has 0 bridgehead atoms. The molecule has 0 saturated carbocycles. The van der Waals surface area contributed by atoms with Crippen LogP contribution >= 0.6 is 0 Å². The van der Waals surface area contributed by atoms with Crippen LogP contribution in [0.5, 0.6) is 0 Å². The SMILES string of the molecule is c1ccc2c(c1)-c1ccccc1C21c2ccccc2-c2c1ccc1c(-c3ccc(-c4ccc5c(-c6ccc7ccccc7c6)c6ccccc6c(-c6ccc7ccccc7c6)c5c4)cc3)nc3ccccc3c21. The number of nitrogens with zero attached hydrogens (tertiary/aromatic N) is 1. The van der Waals surface area contributed by atoms with Gasteiger partial charge in [0.2, 0.25) is 0 Å². The lowest BCUT2D eigenvalue weighted by molar-refractivity contribution is 0.794. The van der Waals surface area contributed by atoms with Crippen molar-refractivity contribution in [3.8, 4) is 66.9 Å². The van der Waals surface area contributed by atoms with E-state index >= 15 is 0 Å². The molecule has 0 saturated heterocycles. The summed E-state index contributed by atoms with van der Waals surface area (Å²) < 4.78 is 0. The molecule has 0 atom stereocenters. The van der Waals surface area contributed by atoms with Crippen molar-refractivity contribution in [2.75, 3.05) is 0 Å². The maximum Gasteiger partial charge on any atom is 0.0788 e. The van der Waals surface area contributed by atoms with Gasteiger partial charge in [0.15, 0.2) is 0 Å². The zero-order valence-corrected chi connectivity index (χ0v) is 39.8. The normalized spacial score (nSPS) is 13.0. The maximum absolute atomic E-state index is 5.51. The van der Waals surface area contributed by atoms with Crippen LogP contribution in [0.3, 0.4) is 0 Å². The lowest BCUT2D eigenvalue weighted by Crippen LogP contribution is -2.25. The van der Waals surface area contributed by atoms with E-state index in [0.717, 1.165) is 27.7 Å². The number of aromatic nitrogens is 1. The molecule has 2 aliphatic carbocycles. The smallest absolute Gasteiger partial charge is 0.0788 e. The molecule has 16 rings (SSSR count). The topological polar surface area (TPSA) is 12.9 Å². The van der Waals surface area contributed by atoms with Crippen LogP contribution in [0.25, 0.3) is 132 Å². The highest BCUT2D eigenvalue weighted by molar-refractivity contribution is 6.23. The Balaban J connectivity index is 0.894. The molecule has 0 amide bonds. The summed E-state index contributed by atoms with van der Waals surface area (Å²) in [6.45, 7) is 0. The molecule has 1 nitrogen and oxygen atoms in total. The Morgan fingerprint density at radius 3 is 1.34 bits per heavy atom. The summed E-state index contributed by atoms with van der Waals surface area (Å²) in [6, 6.07) is 97.3. The summed E-state index contributed by atoms with van der Waals surface area (Å²) >= 11 is 0. The highest BCUT2D eigenvalue weighted by Gasteiger charge is 2.52. The molecule has 336 valence electrons. The van der Waals surface area contributed by atoms with Crippen LogP contribution in [0.15, 0.2) is 261 Å². The molecule has 14 aromatic rings. The van der Waals surface area contributed by atoms with Gasteiger partial charge >= 0.3 is 0 Å². The van der Waals surface area contributed by atoms with Crippen LogP contribution in [0, 0.1) is 0 Å². The molecule has 0 N–H and O–H groups in total. The number of hydrogen-bond acceptors (Lipinski definition) is 1. The zero-order valence-electron chi connectivity index (χ0n) is 39.8. The predicted molar refractivity (Wildman–Crippen MR) is 307 cm³/mol. The Bertz CT molecular complexity index is 4630. The third-order valence-corrected chi connectivity index (χ3v) is 16.4. The fourth-order valence-corrected chi connectivity index (χ4v) is 13.3. The van der Waals surface area contributed by atoms with Gasteiger partial charge in [-0.15, -0.1) is 0 Å². The van der Waals surface area contributed by atoms with E-state index in [1.54, 1.807) is 0 Å². The summed E-state index contributed by atoms with van der Waals surface area (Å²) in [6.07, 6.45) is 0. The Morgan fingerprint density at radius 2 is 0.699 bits per heavy atom. The molecule has 1 heterocycles. The highest BCUT2D eigenvalue weighted by atomic mass is 14.7. The first-order valence-electron chi connectivity index (χ1n) is 25.4. The van der Waals surface area contributed by atoms with Crippen molar-refractivity contribution < 1.29 is 0 Å². The number of hydrogen-bond donors (Lipinski definition) is 0. The van der Waals surface area contributed by atoms with Crippen molar-refractivity contribution >= 4 is 64.8 Å². The molecule has 2 aliphatic rings. The van der Waals surface area contributed by atoms with E-state index in [0.29, 0.717) is 0 Å². The largest absolute Gasteiger partial charge is 0.247 e. The van der Waals surface area contributed by atoms with Crippen LogP contribution in [0.2, 0.25) is 0 Å². The molecular formula is C72H43N. The fraction of sp³-hybridized carbons (Fsp3) is 0.0139. The summed E-state index contributed by atoms with van der Waals surface area (Å²) in [7, 11) is 0. The lowest BCUT2D eigenvalue weighted by atomic mass is 9.70. The maximum atomic E-state index is 5.51. The van der Waals surface area contributed by atoms with Crippen molar-refractivity contribution in [1.29, 1.82) is 0 Å². The summed E-state index contributed by atoms with van der Waals surface area (Å²) in [5.41, 5.74) is 20.6. The monoisotopic (exact) mass is 921 g/mol. The molecular weight excluding hydrogens is 879 g/mol. The van der Waals surface area contributed by atoms with Crippen molar-refractivity contribution in [3.63, 3.8) is 0 Å². The average Bonchev–Trinajstić information content (AvgIpc) is 4.02. The van der Waals surface area contributed by atoms with E-state index in [1.165, 1.54) is 126 Å². The summed E-state index contributed by atoms with van der Waals surface area (Å²) in [4.78, 5) is 5.51. The first-order chi connectivity index (χ1) is 36.2. The number of pyridine rings is 1. The van der Waals surface area contributed by atoms with Gasteiger partial charge in [0.05, 0.1) is 16.6 Å². The van der Waals surface area contributed by atoms with Crippen LogP contribution in [0.4, 0.5) is 0 Å². The minimum atomic E-state index is -0.421. The number of benzene rings is 13. The third-order valence-electron chi connectivity index (χ3n) is 16.4. The Morgan fingerprint density at radius 1 is 0.247 bits per heavy atom. The number of fused-ring (bicyclic) bond motifs is 18. The second-order valence-electron chi connectivity index (χ2n) is 20.0. The molecule has 0 aliphatic heterocycles. The standard InChI is InChI=1S/C72H43N/c1-3-17-48-41-51(35-31-44(48)15-1)67-55-21-5-6-22-56(55)68(52-36-32-45-16-2-4-18-49(45)42-52)61-43-50(37-38-57(61)67)46-29-33-47(34-30-46)71-60-39-40-65-70(69(60)59-24-10-14-28-66(59)73-71)58-23-9-13-27-64(58)72(65)62-25-11-7-19-53(62)54-20-8-12-26-63(54)72/h1-43H. The number of rotatable bonds is 4. The Labute approximate surface area is 422 Å². The molecule has 0 radical (unpaired) electrons. The van der Waals surface area contributed by atoms with Crippen molar-refractivity contribution in [2.24, 2.45) is 0 Å². The van der Waals surface area contributed by atoms with E-state index in [9.17, 15) is 0 Å². The van der Waals surface area contributed by atoms with Gasteiger partial charge in [0.1, 0.15) is 0 Å². The molecule has 1 heteroatoms. The van der Waals surface area contributed by atoms with Gasteiger partial charge in [-0.2, -0.15) is 0 Å². The van der Waals surface area contributed by atoms with Gasteiger partial charge in [-0.1, -0.05) is 237 Å². The molecule has 1 spiro atoms. The minimum Gasteiger partial charge on any atom is -0.247 e. The van der Waals surface area contributed by atoms with E-state index in [2.05, 4.69) is 261 Å². The Hall–Kier alpha value is -9.43. The fourth-order valence-electron chi connectivity index (χ4n) is 13.3. The third kappa shape index (κ3) is 5.65. The predicted octanol–water partition coefficient (Wildman–Crippen LogP) is 19.0. The Kier molecular flexibility index (Phi) is 8.44. The van der Waals surface area contributed by atoms with E-state index in [4.69, 9.17) is 4.98 Å². The second kappa shape index (κ2) is 15.3. The van der Waals surface area contributed by atoms with Crippen LogP contribution in [-0.2, 0) is 5.41 Å². The summed E-state index contributed by atoms with van der Waals surface area (Å²) in [5.74, 6) is 0. The minimum absolute atomic E-state index is 0.421. The van der Waals surface area contributed by atoms with Gasteiger partial charge in [0.25, 0.3) is 0 Å². The van der Waals surface area contributed by atoms with Crippen LogP contribution < -0.4 is 0 Å². The van der Waals surface area contributed by atoms with E-state index in [-0.39, 0.29) is 0 Å². The summed E-state index contributed by atoms with van der Waals surface area (Å²) in [5, 5.41) is 13.5. The van der Waals surface area contributed by atoms with Gasteiger partial charge in [0, 0.05) is 21.7 Å². The molecule has 0 unspecified atom stereocenters. The first kappa shape index (κ1) is 40.3. The number of para-hydroxylation sites is 1. The lowest BCUT2D eigenvalue weighted by Gasteiger charge is -2.30. The van der Waals surface area contributed by atoms with Crippen molar-refractivity contribution in [1.82, 2.24) is 4.98 Å². The van der Waals surface area contributed by atoms with E-state index in [1.807, 2.05) is 0 Å². The zero-order chi connectivity index (χ0) is 47.8. The molecule has 1 aromatic heterocycles. The average molecular weight is 922 g/mol. The van der Waals surface area contributed by atoms with Crippen molar-refractivity contribution in [3.05, 3.63) is 283 Å². The molecule has 0 fully saturated rings. The van der Waals surface area contributed by atoms with Gasteiger partial charge in [-0.05, 0) is 145 Å². The quantitative estimate of drug-likeness (QED) is 0.127. The molecule has 13 aromatic carbocycles. The van der Waals surface area contributed by atoms with Gasteiger partial charge in [-0.3, -0.25) is 0 Å². The van der Waals surface area contributed by atoms with Gasteiger partial charge in [-0.25, -0.2) is 4.98 Å². The van der Waals surface area contributed by atoms with Gasteiger partial charge < -0.3 is 0 Å². The van der Waals surface area contributed by atoms with Crippen LogP contribution in [0.1, 0.15) is 22.3 Å². The first-order valence-corrected chi connectivity index (χ1v) is 25.4. The highest BCUT2D eigenvalue weighted by Crippen LogP contribution is 2.64.